The highest BCUT2D eigenvalue weighted by Gasteiger charge is 2.14. The largest absolute Gasteiger partial charge is 0.370 e. The van der Waals surface area contributed by atoms with Crippen molar-refractivity contribution in [1.29, 1.82) is 0 Å². The molecule has 112 valence electrons. The highest BCUT2D eigenvalue weighted by atomic mass is 15.1. The first-order valence-electron chi connectivity index (χ1n) is 7.86. The van der Waals surface area contributed by atoms with E-state index in [1.807, 2.05) is 13.0 Å². The monoisotopic (exact) mass is 276 g/mol. The lowest BCUT2D eigenvalue weighted by Crippen LogP contribution is -2.29. The summed E-state index contributed by atoms with van der Waals surface area (Å²) in [7, 11) is 0. The minimum absolute atomic E-state index is 0.373. The molecule has 1 aliphatic rings. The summed E-state index contributed by atoms with van der Waals surface area (Å²) in [5.41, 5.74) is 1.04. The van der Waals surface area contributed by atoms with Crippen LogP contribution in [0.4, 0.5) is 5.82 Å². The van der Waals surface area contributed by atoms with Gasteiger partial charge in [-0.2, -0.15) is 0 Å². The summed E-state index contributed by atoms with van der Waals surface area (Å²) in [6.45, 7) is 13.3. The molecule has 1 atom stereocenters. The number of hydrogen-bond donors (Lipinski definition) is 1. The first-order valence-corrected chi connectivity index (χ1v) is 7.86. The molecule has 0 amide bonds. The van der Waals surface area contributed by atoms with Crippen LogP contribution in [0.3, 0.4) is 0 Å². The first kappa shape index (κ1) is 15.2. The van der Waals surface area contributed by atoms with Crippen molar-refractivity contribution in [1.82, 2.24) is 14.9 Å². The van der Waals surface area contributed by atoms with Crippen molar-refractivity contribution in [2.75, 3.05) is 31.5 Å². The van der Waals surface area contributed by atoms with Gasteiger partial charge in [0.15, 0.2) is 0 Å². The number of aromatic nitrogens is 2. The first-order chi connectivity index (χ1) is 9.54. The molecule has 20 heavy (non-hydrogen) atoms. The third kappa shape index (κ3) is 4.44. The van der Waals surface area contributed by atoms with E-state index < -0.39 is 0 Å². The Morgan fingerprint density at radius 2 is 1.90 bits per heavy atom. The van der Waals surface area contributed by atoms with Gasteiger partial charge in [-0.25, -0.2) is 9.97 Å². The molecule has 2 heterocycles. The van der Waals surface area contributed by atoms with E-state index >= 15 is 0 Å². The number of nitrogens with zero attached hydrogens (tertiary/aromatic N) is 3. The summed E-state index contributed by atoms with van der Waals surface area (Å²) in [5, 5.41) is 3.48. The fourth-order valence-electron chi connectivity index (χ4n) is 2.69. The topological polar surface area (TPSA) is 41.0 Å². The average Bonchev–Trinajstić information content (AvgIpc) is 2.88. The van der Waals surface area contributed by atoms with Gasteiger partial charge in [-0.3, -0.25) is 0 Å². The van der Waals surface area contributed by atoms with Crippen LogP contribution in [0.1, 0.15) is 51.0 Å². The van der Waals surface area contributed by atoms with Crippen LogP contribution in [0.15, 0.2) is 6.07 Å². The molecular formula is C16H28N4. The lowest BCUT2D eigenvalue weighted by atomic mass is 10.1. The lowest BCUT2D eigenvalue weighted by Gasteiger charge is -2.21. The van der Waals surface area contributed by atoms with E-state index in [4.69, 9.17) is 0 Å². The minimum Gasteiger partial charge on any atom is -0.370 e. The average molecular weight is 276 g/mol. The highest BCUT2D eigenvalue weighted by molar-refractivity contribution is 5.36. The van der Waals surface area contributed by atoms with Gasteiger partial charge in [0.2, 0.25) is 0 Å². The third-order valence-corrected chi connectivity index (χ3v) is 3.79. The van der Waals surface area contributed by atoms with Crippen molar-refractivity contribution in [3.63, 3.8) is 0 Å². The van der Waals surface area contributed by atoms with Crippen LogP contribution in [-0.2, 0) is 0 Å². The Balaban J connectivity index is 1.86. The summed E-state index contributed by atoms with van der Waals surface area (Å²) in [6, 6.07) is 2.04. The molecule has 1 aliphatic heterocycles. The normalized spacial score (nSPS) is 17.6. The zero-order valence-electron chi connectivity index (χ0n) is 13.3. The molecule has 0 aromatic carbocycles. The second-order valence-corrected chi connectivity index (χ2v) is 6.40. The predicted molar refractivity (Wildman–Crippen MR) is 84.2 cm³/mol. The van der Waals surface area contributed by atoms with Crippen LogP contribution < -0.4 is 5.32 Å². The van der Waals surface area contributed by atoms with Crippen molar-refractivity contribution < 1.29 is 0 Å². The van der Waals surface area contributed by atoms with Gasteiger partial charge in [0, 0.05) is 30.8 Å². The molecular weight excluding hydrogens is 248 g/mol. The highest BCUT2D eigenvalue weighted by Crippen LogP contribution is 2.15. The van der Waals surface area contributed by atoms with Gasteiger partial charge in [-0.1, -0.05) is 20.8 Å². The van der Waals surface area contributed by atoms with E-state index in [0.717, 1.165) is 23.9 Å². The number of hydrogen-bond acceptors (Lipinski definition) is 4. The molecule has 1 saturated heterocycles. The van der Waals surface area contributed by atoms with Gasteiger partial charge in [-0.05, 0) is 38.8 Å². The van der Waals surface area contributed by atoms with E-state index in [2.05, 4.69) is 41.0 Å². The molecule has 1 N–H and O–H groups in total. The molecule has 1 fully saturated rings. The van der Waals surface area contributed by atoms with Crippen LogP contribution >= 0.6 is 0 Å². The van der Waals surface area contributed by atoms with E-state index in [1.54, 1.807) is 0 Å². The van der Waals surface area contributed by atoms with Crippen LogP contribution in [0.25, 0.3) is 0 Å². The number of likely N-dealkylation sites (tertiary alicyclic amines) is 1. The maximum Gasteiger partial charge on any atom is 0.133 e. The fraction of sp³-hybridized carbons (Fsp3) is 0.750. The molecule has 1 aromatic rings. The standard InChI is InChI=1S/C16H28N4/c1-12(2)16-18-14(4)9-15(19-16)17-10-13(3)11-20-7-5-6-8-20/h9,12-13H,5-8,10-11H2,1-4H3,(H,17,18,19). The van der Waals surface area contributed by atoms with E-state index in [-0.39, 0.29) is 0 Å². The van der Waals surface area contributed by atoms with E-state index in [0.29, 0.717) is 11.8 Å². The van der Waals surface area contributed by atoms with Crippen LogP contribution in [0.2, 0.25) is 0 Å². The van der Waals surface area contributed by atoms with E-state index in [1.165, 1.54) is 32.5 Å². The van der Waals surface area contributed by atoms with Gasteiger partial charge in [0.1, 0.15) is 11.6 Å². The minimum atomic E-state index is 0.373. The Morgan fingerprint density at radius 1 is 1.20 bits per heavy atom. The molecule has 1 unspecified atom stereocenters. The van der Waals surface area contributed by atoms with Gasteiger partial charge in [0.05, 0.1) is 0 Å². The summed E-state index contributed by atoms with van der Waals surface area (Å²) in [5.74, 6) is 2.91. The number of anilines is 1. The summed E-state index contributed by atoms with van der Waals surface area (Å²) in [4.78, 5) is 11.7. The lowest BCUT2D eigenvalue weighted by molar-refractivity contribution is 0.294. The van der Waals surface area contributed by atoms with Gasteiger partial charge in [-0.15, -0.1) is 0 Å². The zero-order valence-corrected chi connectivity index (χ0v) is 13.3. The zero-order chi connectivity index (χ0) is 14.5. The summed E-state index contributed by atoms with van der Waals surface area (Å²) < 4.78 is 0. The van der Waals surface area contributed by atoms with Gasteiger partial charge < -0.3 is 10.2 Å². The van der Waals surface area contributed by atoms with Crippen molar-refractivity contribution in [2.45, 2.75) is 46.5 Å². The molecule has 0 aliphatic carbocycles. The smallest absolute Gasteiger partial charge is 0.133 e. The quantitative estimate of drug-likeness (QED) is 0.867. The van der Waals surface area contributed by atoms with Crippen molar-refractivity contribution >= 4 is 5.82 Å². The molecule has 0 spiro atoms. The van der Waals surface area contributed by atoms with Crippen molar-refractivity contribution in [3.05, 3.63) is 17.6 Å². The Hall–Kier alpha value is -1.16. The Kier molecular flexibility index (Phi) is 5.35. The molecule has 0 bridgehead atoms. The van der Waals surface area contributed by atoms with E-state index in [9.17, 15) is 0 Å². The molecule has 0 radical (unpaired) electrons. The summed E-state index contributed by atoms with van der Waals surface area (Å²) >= 11 is 0. The molecule has 0 saturated carbocycles. The maximum atomic E-state index is 4.60. The Morgan fingerprint density at radius 3 is 2.55 bits per heavy atom. The van der Waals surface area contributed by atoms with Gasteiger partial charge in [0.25, 0.3) is 0 Å². The predicted octanol–water partition coefficient (Wildman–Crippen LogP) is 3.05. The fourth-order valence-corrected chi connectivity index (χ4v) is 2.69. The molecule has 4 nitrogen and oxygen atoms in total. The summed E-state index contributed by atoms with van der Waals surface area (Å²) in [6.07, 6.45) is 2.73. The molecule has 1 aromatic heterocycles. The van der Waals surface area contributed by atoms with Crippen molar-refractivity contribution in [3.8, 4) is 0 Å². The van der Waals surface area contributed by atoms with Crippen LogP contribution in [0, 0.1) is 12.8 Å². The molecule has 4 heteroatoms. The van der Waals surface area contributed by atoms with Crippen LogP contribution in [0.5, 0.6) is 0 Å². The van der Waals surface area contributed by atoms with Gasteiger partial charge >= 0.3 is 0 Å². The number of nitrogens with one attached hydrogen (secondary N) is 1. The Bertz CT molecular complexity index is 424. The Labute approximate surface area is 123 Å². The second kappa shape index (κ2) is 7.02. The third-order valence-electron chi connectivity index (χ3n) is 3.79. The SMILES string of the molecule is Cc1cc(NCC(C)CN2CCCC2)nc(C(C)C)n1. The number of aryl methyl sites for hydroxylation is 1. The number of rotatable bonds is 6. The molecule has 2 rings (SSSR count). The maximum absolute atomic E-state index is 4.60. The van der Waals surface area contributed by atoms with Crippen LogP contribution in [-0.4, -0.2) is 41.0 Å². The second-order valence-electron chi connectivity index (χ2n) is 6.40. The van der Waals surface area contributed by atoms with Crippen molar-refractivity contribution in [2.24, 2.45) is 5.92 Å².